The van der Waals surface area contributed by atoms with Gasteiger partial charge in [-0.2, -0.15) is 8.42 Å². The Morgan fingerprint density at radius 2 is 1.40 bits per heavy atom. The van der Waals surface area contributed by atoms with Crippen LogP contribution in [-0.4, -0.2) is 43.7 Å². The quantitative estimate of drug-likeness (QED) is 0.575. The van der Waals surface area contributed by atoms with Crippen molar-refractivity contribution in [2.75, 3.05) is 5.75 Å². The number of rotatable bonds is 5. The molecule has 4 N–H and O–H groups in total. The first kappa shape index (κ1) is 16.9. The lowest BCUT2D eigenvalue weighted by Crippen LogP contribution is -2.37. The van der Waals surface area contributed by atoms with Crippen LogP contribution in [-0.2, 0) is 10.1 Å². The van der Waals surface area contributed by atoms with Crippen molar-refractivity contribution in [1.29, 1.82) is 0 Å². The Bertz CT molecular complexity index is 272. The highest BCUT2D eigenvalue weighted by Crippen LogP contribution is 2.19. The predicted molar refractivity (Wildman–Crippen MR) is 42.1 cm³/mol. The van der Waals surface area contributed by atoms with E-state index in [2.05, 4.69) is 0 Å². The van der Waals surface area contributed by atoms with Crippen LogP contribution < -0.4 is 6.15 Å². The monoisotopic (exact) mass is 259 g/mol. The molecule has 0 aliphatic carbocycles. The maximum atomic E-state index is 12.4. The largest absolute Gasteiger partial charge is 0.344 e. The van der Waals surface area contributed by atoms with Gasteiger partial charge in [0.1, 0.15) is 5.75 Å². The second-order valence-corrected chi connectivity index (χ2v) is 3.99. The minimum absolute atomic E-state index is 0. The van der Waals surface area contributed by atoms with Crippen LogP contribution in [0, 0.1) is 0 Å². The average Bonchev–Trinajstić information content (AvgIpc) is 1.98. The maximum Gasteiger partial charge on any atom is 0.272 e. The summed E-state index contributed by atoms with van der Waals surface area (Å²) in [4.78, 5) is 0. The smallest absolute Gasteiger partial charge is 0.272 e. The molecule has 0 heterocycles. The maximum absolute atomic E-state index is 12.4. The van der Waals surface area contributed by atoms with Crippen molar-refractivity contribution in [2.45, 2.75) is 24.9 Å². The fourth-order valence-electron chi connectivity index (χ4n) is 0.632. The summed E-state index contributed by atoms with van der Waals surface area (Å²) in [6, 6.07) is 0. The molecule has 0 rings (SSSR count). The van der Waals surface area contributed by atoms with Gasteiger partial charge in [0, 0.05) is 0 Å². The van der Waals surface area contributed by atoms with E-state index in [1.165, 1.54) is 0 Å². The Balaban J connectivity index is 0. The number of hydrogen-bond acceptors (Lipinski definition) is 3. The molecule has 94 valence electrons. The Morgan fingerprint density at radius 3 is 1.67 bits per heavy atom. The van der Waals surface area contributed by atoms with Crippen LogP contribution in [0.15, 0.2) is 0 Å². The lowest BCUT2D eigenvalue weighted by molar-refractivity contribution is -0.0191. The molecule has 0 amide bonds. The molecule has 0 aromatic heterocycles. The fraction of sp³-hybridized carbons (Fsp3) is 1.00. The van der Waals surface area contributed by atoms with Gasteiger partial charge in [0.05, 0.1) is 0 Å². The van der Waals surface area contributed by atoms with Crippen LogP contribution in [0.4, 0.5) is 22.0 Å². The average molecular weight is 259 g/mol. The van der Waals surface area contributed by atoms with E-state index >= 15 is 0 Å². The van der Waals surface area contributed by atoms with Crippen LogP contribution in [0.5, 0.6) is 0 Å². The van der Waals surface area contributed by atoms with Crippen LogP contribution >= 0.6 is 0 Å². The zero-order valence-electron chi connectivity index (χ0n) is 7.29. The van der Waals surface area contributed by atoms with E-state index in [-0.39, 0.29) is 6.15 Å². The van der Waals surface area contributed by atoms with Crippen LogP contribution in [0.25, 0.3) is 0 Å². The molecule has 3 atom stereocenters. The van der Waals surface area contributed by atoms with E-state index in [1.807, 2.05) is 0 Å². The first-order chi connectivity index (χ1) is 6.15. The summed E-state index contributed by atoms with van der Waals surface area (Å²) in [5, 5.41) is 0. The van der Waals surface area contributed by atoms with Gasteiger partial charge in [-0.15, -0.1) is 0 Å². The third-order valence-corrected chi connectivity index (χ3v) is 2.00. The first-order valence-electron chi connectivity index (χ1n) is 3.30. The SMILES string of the molecule is N.O=S(=O)(O)CC(F)C(F)C(F)C(F)F. The van der Waals surface area contributed by atoms with E-state index in [0.717, 1.165) is 0 Å². The Labute approximate surface area is 82.8 Å². The van der Waals surface area contributed by atoms with Gasteiger partial charge in [-0.25, -0.2) is 22.0 Å². The van der Waals surface area contributed by atoms with E-state index in [0.29, 0.717) is 0 Å². The summed E-state index contributed by atoms with van der Waals surface area (Å²) >= 11 is 0. The highest BCUT2D eigenvalue weighted by Gasteiger charge is 2.38. The van der Waals surface area contributed by atoms with Crippen LogP contribution in [0.3, 0.4) is 0 Å². The van der Waals surface area contributed by atoms with Crippen molar-refractivity contribution in [3.63, 3.8) is 0 Å². The molecule has 0 spiro atoms. The minimum atomic E-state index is -4.85. The standard InChI is InChI=1S/C5H7F5O3S.H3N/c6-2(1-14(11,12)13)3(7)4(8)5(9)10;/h2-5H,1H2,(H,11,12,13);1H3. The summed E-state index contributed by atoms with van der Waals surface area (Å²) in [5.74, 6) is -1.75. The van der Waals surface area contributed by atoms with Gasteiger partial charge in [0.25, 0.3) is 16.5 Å². The predicted octanol–water partition coefficient (Wildman–Crippen LogP) is 1.32. The zero-order valence-corrected chi connectivity index (χ0v) is 8.10. The molecular formula is C5H10F5NO3S. The number of halogens is 5. The van der Waals surface area contributed by atoms with E-state index < -0.39 is 40.8 Å². The highest BCUT2D eigenvalue weighted by atomic mass is 32.2. The van der Waals surface area contributed by atoms with Crippen molar-refractivity contribution in [1.82, 2.24) is 6.15 Å². The van der Waals surface area contributed by atoms with Crippen molar-refractivity contribution in [3.8, 4) is 0 Å². The Morgan fingerprint density at radius 1 is 1.00 bits per heavy atom. The molecular weight excluding hydrogens is 249 g/mol. The van der Waals surface area contributed by atoms with Crippen molar-refractivity contribution >= 4 is 10.1 Å². The van der Waals surface area contributed by atoms with Gasteiger partial charge in [0.2, 0.25) is 0 Å². The van der Waals surface area contributed by atoms with Gasteiger partial charge < -0.3 is 6.15 Å². The van der Waals surface area contributed by atoms with Gasteiger partial charge in [-0.05, 0) is 0 Å². The summed E-state index contributed by atoms with van der Waals surface area (Å²) in [6.07, 6.45) is -13.5. The van der Waals surface area contributed by atoms with Gasteiger partial charge in [0.15, 0.2) is 18.5 Å². The lowest BCUT2D eigenvalue weighted by Gasteiger charge is -2.15. The third kappa shape index (κ3) is 6.57. The molecule has 15 heavy (non-hydrogen) atoms. The second-order valence-electron chi connectivity index (χ2n) is 2.49. The second kappa shape index (κ2) is 6.18. The topological polar surface area (TPSA) is 89.4 Å². The molecule has 0 aromatic carbocycles. The molecule has 0 bridgehead atoms. The molecule has 3 unspecified atom stereocenters. The molecule has 0 aromatic rings. The molecule has 10 heteroatoms. The molecule has 4 nitrogen and oxygen atoms in total. The third-order valence-electron chi connectivity index (χ3n) is 1.26. The summed E-state index contributed by atoms with van der Waals surface area (Å²) in [6.45, 7) is 0. The number of hydrogen-bond donors (Lipinski definition) is 2. The molecule has 0 aliphatic heterocycles. The highest BCUT2D eigenvalue weighted by molar-refractivity contribution is 7.85. The normalized spacial score (nSPS) is 18.1. The zero-order chi connectivity index (χ0) is 11.5. The molecule has 0 saturated heterocycles. The summed E-state index contributed by atoms with van der Waals surface area (Å²) < 4.78 is 87.8. The van der Waals surface area contributed by atoms with E-state index in [4.69, 9.17) is 4.55 Å². The molecule has 0 aliphatic rings. The van der Waals surface area contributed by atoms with Crippen molar-refractivity contribution in [2.24, 2.45) is 0 Å². The van der Waals surface area contributed by atoms with E-state index in [1.54, 1.807) is 0 Å². The fourth-order valence-corrected chi connectivity index (χ4v) is 1.22. The summed E-state index contributed by atoms with van der Waals surface area (Å²) in [7, 11) is -4.85. The van der Waals surface area contributed by atoms with Gasteiger partial charge in [-0.3, -0.25) is 4.55 Å². The minimum Gasteiger partial charge on any atom is -0.344 e. The molecule has 0 radical (unpaired) electrons. The van der Waals surface area contributed by atoms with Gasteiger partial charge >= 0.3 is 0 Å². The van der Waals surface area contributed by atoms with E-state index in [9.17, 15) is 30.4 Å². The van der Waals surface area contributed by atoms with Gasteiger partial charge in [-0.1, -0.05) is 0 Å². The first-order valence-corrected chi connectivity index (χ1v) is 4.91. The number of alkyl halides is 5. The Kier molecular flexibility index (Phi) is 6.97. The summed E-state index contributed by atoms with van der Waals surface area (Å²) in [5.41, 5.74) is 0. The molecule has 0 fully saturated rings. The Hall–Kier alpha value is -0.480. The van der Waals surface area contributed by atoms with Crippen LogP contribution in [0.1, 0.15) is 0 Å². The van der Waals surface area contributed by atoms with Crippen molar-refractivity contribution < 1.29 is 34.9 Å². The van der Waals surface area contributed by atoms with Crippen LogP contribution in [0.2, 0.25) is 0 Å². The lowest BCUT2D eigenvalue weighted by atomic mass is 10.2. The molecule has 0 saturated carbocycles. The van der Waals surface area contributed by atoms with Crippen molar-refractivity contribution in [3.05, 3.63) is 0 Å².